The Morgan fingerprint density at radius 1 is 0.564 bits per heavy atom. The highest BCUT2D eigenvalue weighted by molar-refractivity contribution is 7.47. The summed E-state index contributed by atoms with van der Waals surface area (Å²) < 4.78 is 34.3. The van der Waals surface area contributed by atoms with Gasteiger partial charge in [-0.05, 0) is 70.6 Å². The Morgan fingerprint density at radius 3 is 1.45 bits per heavy atom. The van der Waals surface area contributed by atoms with Crippen molar-refractivity contribution >= 4 is 19.8 Å². The number of phosphoric acid groups is 1. The molecule has 0 saturated heterocycles. The summed E-state index contributed by atoms with van der Waals surface area (Å²) in [7, 11) is 1.47. The maximum Gasteiger partial charge on any atom is 0.472 e. The zero-order valence-corrected chi connectivity index (χ0v) is 37.1. The minimum absolute atomic E-state index is 0.0294. The van der Waals surface area contributed by atoms with Gasteiger partial charge < -0.3 is 18.9 Å². The molecule has 9 nitrogen and oxygen atoms in total. The van der Waals surface area contributed by atoms with Crippen LogP contribution in [0, 0.1) is 0 Å². The van der Waals surface area contributed by atoms with Gasteiger partial charge in [0.05, 0.1) is 27.7 Å². The first-order valence-corrected chi connectivity index (χ1v) is 23.7. The van der Waals surface area contributed by atoms with E-state index in [1.807, 2.05) is 21.1 Å². The normalized spacial score (nSPS) is 13.9. The lowest BCUT2D eigenvalue weighted by atomic mass is 10.1. The smallest absolute Gasteiger partial charge is 0.462 e. The number of unbranched alkanes of at least 4 members (excludes halogenated alkanes) is 20. The number of nitrogens with zero attached hydrogens (tertiary/aromatic N) is 1. The summed E-state index contributed by atoms with van der Waals surface area (Å²) in [5.74, 6) is -0.813. The molecule has 0 aromatic heterocycles. The van der Waals surface area contributed by atoms with Gasteiger partial charge in [0.25, 0.3) is 0 Å². The minimum atomic E-state index is -4.37. The molecule has 0 aliphatic heterocycles. The molecule has 0 fully saturated rings. The summed E-state index contributed by atoms with van der Waals surface area (Å²) in [4.78, 5) is 35.3. The Labute approximate surface area is 338 Å². The largest absolute Gasteiger partial charge is 0.472 e. The Morgan fingerprint density at radius 2 is 0.982 bits per heavy atom. The Bertz CT molecular complexity index is 1040. The molecule has 0 radical (unpaired) electrons. The molecule has 0 bridgehead atoms. The van der Waals surface area contributed by atoms with Gasteiger partial charge in [-0.25, -0.2) is 4.57 Å². The Balaban J connectivity index is 4.34. The number of allylic oxidation sites excluding steroid dienone is 6. The molecule has 0 spiro atoms. The third-order valence-corrected chi connectivity index (χ3v) is 10.4. The first-order valence-electron chi connectivity index (χ1n) is 22.2. The zero-order chi connectivity index (χ0) is 40.7. The molecule has 0 amide bonds. The quantitative estimate of drug-likeness (QED) is 0.0215. The topological polar surface area (TPSA) is 108 Å². The number of ether oxygens (including phenoxy) is 2. The van der Waals surface area contributed by atoms with Gasteiger partial charge >= 0.3 is 19.8 Å². The van der Waals surface area contributed by atoms with E-state index in [1.54, 1.807) is 0 Å². The molecule has 0 aromatic rings. The number of phosphoric ester groups is 1. The molecule has 0 heterocycles. The number of esters is 2. The number of hydrogen-bond acceptors (Lipinski definition) is 7. The zero-order valence-electron chi connectivity index (χ0n) is 36.2. The molecule has 0 saturated carbocycles. The molecule has 55 heavy (non-hydrogen) atoms. The third-order valence-electron chi connectivity index (χ3n) is 9.39. The van der Waals surface area contributed by atoms with Crippen molar-refractivity contribution in [1.82, 2.24) is 0 Å². The van der Waals surface area contributed by atoms with Crippen molar-refractivity contribution in [3.05, 3.63) is 36.5 Å². The molecule has 0 aromatic carbocycles. The van der Waals surface area contributed by atoms with E-state index in [-0.39, 0.29) is 32.0 Å². The first-order chi connectivity index (χ1) is 26.5. The first kappa shape index (κ1) is 53.2. The van der Waals surface area contributed by atoms with E-state index in [9.17, 15) is 19.0 Å². The van der Waals surface area contributed by atoms with E-state index >= 15 is 0 Å². The average molecular weight is 799 g/mol. The fourth-order valence-corrected chi connectivity index (χ4v) is 6.60. The van der Waals surface area contributed by atoms with Crippen LogP contribution in [0.3, 0.4) is 0 Å². The van der Waals surface area contributed by atoms with Crippen molar-refractivity contribution in [3.8, 4) is 0 Å². The second-order valence-corrected chi connectivity index (χ2v) is 17.5. The fraction of sp³-hybridized carbons (Fsp3) is 0.822. The van der Waals surface area contributed by atoms with E-state index in [4.69, 9.17) is 18.5 Å². The van der Waals surface area contributed by atoms with E-state index in [2.05, 4.69) is 50.3 Å². The SMILES string of the molecule is CCCCC/C=C\C/C=C\CCCCCCCCCCCC(=O)OC(COC(=O)CCCCCCC/C=C\CCCCC)COP(=O)(O)OCC[N+](C)(C)C. The molecular formula is C45H85NO8P+. The predicted octanol–water partition coefficient (Wildman–Crippen LogP) is 12.5. The molecule has 10 heteroatoms. The second-order valence-electron chi connectivity index (χ2n) is 16.1. The van der Waals surface area contributed by atoms with Gasteiger partial charge in [0.1, 0.15) is 19.8 Å². The minimum Gasteiger partial charge on any atom is -0.462 e. The van der Waals surface area contributed by atoms with Gasteiger partial charge in [-0.2, -0.15) is 0 Å². The predicted molar refractivity (Wildman–Crippen MR) is 229 cm³/mol. The number of hydrogen-bond donors (Lipinski definition) is 1. The maximum atomic E-state index is 12.7. The van der Waals surface area contributed by atoms with Crippen LogP contribution in [0.5, 0.6) is 0 Å². The van der Waals surface area contributed by atoms with Crippen LogP contribution in [-0.4, -0.2) is 74.9 Å². The van der Waals surface area contributed by atoms with Crippen LogP contribution in [0.4, 0.5) is 0 Å². The summed E-state index contributed by atoms with van der Waals surface area (Å²) in [6, 6.07) is 0. The molecule has 2 atom stereocenters. The van der Waals surface area contributed by atoms with Crippen molar-refractivity contribution in [3.63, 3.8) is 0 Å². The maximum absolute atomic E-state index is 12.7. The Kier molecular flexibility index (Phi) is 36.6. The highest BCUT2D eigenvalue weighted by Gasteiger charge is 2.27. The Hall–Kier alpha value is -1.77. The second kappa shape index (κ2) is 37.8. The van der Waals surface area contributed by atoms with Crippen LogP contribution >= 0.6 is 7.82 Å². The molecule has 0 rings (SSSR count). The number of quaternary nitrogens is 1. The highest BCUT2D eigenvalue weighted by Crippen LogP contribution is 2.43. The van der Waals surface area contributed by atoms with Crippen LogP contribution in [-0.2, 0) is 32.7 Å². The number of rotatable bonds is 40. The van der Waals surface area contributed by atoms with Crippen LogP contribution in [0.2, 0.25) is 0 Å². The van der Waals surface area contributed by atoms with Crippen molar-refractivity contribution in [2.75, 3.05) is 47.5 Å². The van der Waals surface area contributed by atoms with Gasteiger partial charge in [0.2, 0.25) is 0 Å². The molecule has 322 valence electrons. The lowest BCUT2D eigenvalue weighted by Gasteiger charge is -2.24. The molecule has 2 unspecified atom stereocenters. The molecule has 0 aliphatic rings. The van der Waals surface area contributed by atoms with Crippen molar-refractivity contribution in [2.45, 2.75) is 193 Å². The summed E-state index contributed by atoms with van der Waals surface area (Å²) in [6.07, 6.45) is 41.9. The van der Waals surface area contributed by atoms with E-state index in [0.717, 1.165) is 70.6 Å². The van der Waals surface area contributed by atoms with Gasteiger partial charge in [-0.3, -0.25) is 18.6 Å². The molecular weight excluding hydrogens is 713 g/mol. The lowest BCUT2D eigenvalue weighted by molar-refractivity contribution is -0.870. The van der Waals surface area contributed by atoms with E-state index in [0.29, 0.717) is 17.4 Å². The van der Waals surface area contributed by atoms with Crippen LogP contribution in [0.25, 0.3) is 0 Å². The van der Waals surface area contributed by atoms with Gasteiger partial charge in [0, 0.05) is 12.8 Å². The third kappa shape index (κ3) is 41.7. The molecule has 1 N–H and O–H groups in total. The number of carbonyl (C=O) groups excluding carboxylic acids is 2. The highest BCUT2D eigenvalue weighted by atomic mass is 31.2. The van der Waals surface area contributed by atoms with Gasteiger partial charge in [-0.1, -0.05) is 140 Å². The standard InChI is InChI=1S/C45H84NO8P/c1-6-8-10-12-14-16-18-20-21-22-23-24-25-26-28-30-32-34-36-38-45(48)54-43(42-53-55(49,50)52-40-39-46(3,4)5)41-51-44(47)37-35-33-31-29-27-19-17-15-13-11-9-7-2/h14-17,20-21,43H,6-13,18-19,22-42H2,1-5H3/p+1/b16-14-,17-15-,21-20-. The van der Waals surface area contributed by atoms with Gasteiger partial charge in [0.15, 0.2) is 6.10 Å². The lowest BCUT2D eigenvalue weighted by Crippen LogP contribution is -2.37. The van der Waals surface area contributed by atoms with E-state index < -0.39 is 26.5 Å². The van der Waals surface area contributed by atoms with E-state index in [1.165, 1.54) is 83.5 Å². The number of likely N-dealkylation sites (N-methyl/N-ethyl adjacent to an activating group) is 1. The van der Waals surface area contributed by atoms with Crippen LogP contribution in [0.15, 0.2) is 36.5 Å². The monoisotopic (exact) mass is 799 g/mol. The fourth-order valence-electron chi connectivity index (χ4n) is 5.86. The van der Waals surface area contributed by atoms with Crippen LogP contribution < -0.4 is 0 Å². The number of carbonyl (C=O) groups is 2. The van der Waals surface area contributed by atoms with Crippen molar-refractivity contribution < 1.29 is 42.1 Å². The summed E-state index contributed by atoms with van der Waals surface area (Å²) in [5, 5.41) is 0. The summed E-state index contributed by atoms with van der Waals surface area (Å²) in [6.45, 7) is 4.36. The van der Waals surface area contributed by atoms with Crippen molar-refractivity contribution in [1.29, 1.82) is 0 Å². The summed E-state index contributed by atoms with van der Waals surface area (Å²) >= 11 is 0. The average Bonchev–Trinajstić information content (AvgIpc) is 3.13. The summed E-state index contributed by atoms with van der Waals surface area (Å²) in [5.41, 5.74) is 0. The van der Waals surface area contributed by atoms with Crippen LogP contribution in [0.1, 0.15) is 187 Å². The molecule has 0 aliphatic carbocycles. The van der Waals surface area contributed by atoms with Crippen molar-refractivity contribution in [2.24, 2.45) is 0 Å². The van der Waals surface area contributed by atoms with Gasteiger partial charge in [-0.15, -0.1) is 0 Å².